The SMILES string of the molecule is C=CCc1ccccc1OCCCCC(=C)C(=O)[O-]. The molecule has 1 aromatic rings. The molecule has 0 radical (unpaired) electrons. The molecule has 0 aliphatic carbocycles. The van der Waals surface area contributed by atoms with Crippen LogP contribution in [-0.2, 0) is 11.2 Å². The molecule has 0 bridgehead atoms. The molecular weight excluding hydrogens is 240 g/mol. The Morgan fingerprint density at radius 1 is 1.32 bits per heavy atom. The average Bonchev–Trinajstić information content (AvgIpc) is 2.40. The lowest BCUT2D eigenvalue weighted by molar-refractivity contribution is -0.299. The van der Waals surface area contributed by atoms with Crippen LogP contribution in [0.3, 0.4) is 0 Å². The lowest BCUT2D eigenvalue weighted by atomic mass is 10.1. The third kappa shape index (κ3) is 5.42. The van der Waals surface area contributed by atoms with Crippen molar-refractivity contribution in [3.63, 3.8) is 0 Å². The number of carbonyl (C=O) groups is 1. The monoisotopic (exact) mass is 259 g/mol. The standard InChI is InChI=1S/C16H20O3/c1-3-8-14-10-4-5-11-15(14)19-12-7-6-9-13(2)16(17)18/h3-5,10-11H,1-2,6-9,12H2,(H,17,18)/p-1. The zero-order chi connectivity index (χ0) is 14.1. The van der Waals surface area contributed by atoms with E-state index in [0.717, 1.165) is 30.6 Å². The van der Waals surface area contributed by atoms with E-state index in [-0.39, 0.29) is 5.57 Å². The van der Waals surface area contributed by atoms with Gasteiger partial charge in [0.15, 0.2) is 0 Å². The summed E-state index contributed by atoms with van der Waals surface area (Å²) < 4.78 is 5.69. The molecule has 102 valence electrons. The highest BCUT2D eigenvalue weighted by Gasteiger charge is 2.01. The third-order valence-corrected chi connectivity index (χ3v) is 2.76. The Balaban J connectivity index is 2.31. The number of carboxylic acids is 1. The van der Waals surface area contributed by atoms with E-state index in [4.69, 9.17) is 4.74 Å². The summed E-state index contributed by atoms with van der Waals surface area (Å²) in [7, 11) is 0. The van der Waals surface area contributed by atoms with Crippen molar-refractivity contribution in [2.45, 2.75) is 25.7 Å². The van der Waals surface area contributed by atoms with Crippen molar-refractivity contribution in [3.05, 3.63) is 54.6 Å². The summed E-state index contributed by atoms with van der Waals surface area (Å²) in [4.78, 5) is 10.4. The predicted molar refractivity (Wildman–Crippen MR) is 73.8 cm³/mol. The van der Waals surface area contributed by atoms with Crippen LogP contribution in [0.2, 0.25) is 0 Å². The highest BCUT2D eigenvalue weighted by Crippen LogP contribution is 2.19. The Kier molecular flexibility index (Phi) is 6.44. The van der Waals surface area contributed by atoms with Crippen molar-refractivity contribution >= 4 is 5.97 Å². The summed E-state index contributed by atoms with van der Waals surface area (Å²) in [6.07, 6.45) is 4.58. The fourth-order valence-corrected chi connectivity index (χ4v) is 1.69. The lowest BCUT2D eigenvalue weighted by Crippen LogP contribution is -2.23. The smallest absolute Gasteiger partial charge is 0.122 e. The van der Waals surface area contributed by atoms with E-state index in [1.807, 2.05) is 30.3 Å². The summed E-state index contributed by atoms with van der Waals surface area (Å²) in [6.45, 7) is 7.71. The van der Waals surface area contributed by atoms with Crippen LogP contribution in [-0.4, -0.2) is 12.6 Å². The maximum Gasteiger partial charge on any atom is 0.122 e. The molecule has 0 saturated heterocycles. The third-order valence-electron chi connectivity index (χ3n) is 2.76. The van der Waals surface area contributed by atoms with E-state index in [9.17, 15) is 9.90 Å². The minimum Gasteiger partial charge on any atom is -0.545 e. The van der Waals surface area contributed by atoms with Crippen molar-refractivity contribution in [1.29, 1.82) is 0 Å². The van der Waals surface area contributed by atoms with Crippen LogP contribution >= 0.6 is 0 Å². The normalized spacial score (nSPS) is 9.89. The molecule has 1 aromatic carbocycles. The number of hydrogen-bond acceptors (Lipinski definition) is 3. The highest BCUT2D eigenvalue weighted by atomic mass is 16.5. The Hall–Kier alpha value is -2.03. The quantitative estimate of drug-likeness (QED) is 0.388. The predicted octanol–water partition coefficient (Wildman–Crippen LogP) is 2.27. The summed E-state index contributed by atoms with van der Waals surface area (Å²) in [5.74, 6) is -0.307. The zero-order valence-corrected chi connectivity index (χ0v) is 11.1. The van der Waals surface area contributed by atoms with Gasteiger partial charge in [-0.2, -0.15) is 0 Å². The number of ether oxygens (including phenoxy) is 1. The number of hydrogen-bond donors (Lipinski definition) is 0. The second kappa shape index (κ2) is 8.14. The van der Waals surface area contributed by atoms with Crippen LogP contribution in [0.4, 0.5) is 0 Å². The van der Waals surface area contributed by atoms with Crippen LogP contribution < -0.4 is 9.84 Å². The molecule has 0 fully saturated rings. The van der Waals surface area contributed by atoms with Gasteiger partial charge in [-0.05, 0) is 42.9 Å². The molecule has 0 aromatic heterocycles. The Morgan fingerprint density at radius 2 is 2.05 bits per heavy atom. The van der Waals surface area contributed by atoms with Gasteiger partial charge in [-0.3, -0.25) is 0 Å². The van der Waals surface area contributed by atoms with Crippen LogP contribution in [0, 0.1) is 0 Å². The molecule has 0 aliphatic heterocycles. The van der Waals surface area contributed by atoms with Crippen molar-refractivity contribution < 1.29 is 14.6 Å². The average molecular weight is 259 g/mol. The minimum absolute atomic E-state index is 0.145. The van der Waals surface area contributed by atoms with Gasteiger partial charge in [0, 0.05) is 0 Å². The van der Waals surface area contributed by atoms with Crippen molar-refractivity contribution in [3.8, 4) is 5.75 Å². The summed E-state index contributed by atoms with van der Waals surface area (Å²) in [5.41, 5.74) is 1.25. The van der Waals surface area contributed by atoms with Crippen LogP contribution in [0.15, 0.2) is 49.1 Å². The van der Waals surface area contributed by atoms with E-state index in [1.165, 1.54) is 0 Å². The van der Waals surface area contributed by atoms with E-state index < -0.39 is 5.97 Å². The molecule has 0 unspecified atom stereocenters. The molecule has 0 aliphatic rings. The zero-order valence-electron chi connectivity index (χ0n) is 11.1. The van der Waals surface area contributed by atoms with Gasteiger partial charge in [0.2, 0.25) is 0 Å². The first-order valence-electron chi connectivity index (χ1n) is 6.36. The van der Waals surface area contributed by atoms with E-state index in [2.05, 4.69) is 13.2 Å². The largest absolute Gasteiger partial charge is 0.545 e. The molecule has 0 spiro atoms. The number of benzene rings is 1. The number of rotatable bonds is 9. The van der Waals surface area contributed by atoms with E-state index >= 15 is 0 Å². The number of carboxylic acid groups (broad SMARTS) is 1. The van der Waals surface area contributed by atoms with Crippen LogP contribution in [0.5, 0.6) is 5.75 Å². The second-order valence-electron chi connectivity index (χ2n) is 4.30. The second-order valence-corrected chi connectivity index (χ2v) is 4.30. The van der Waals surface area contributed by atoms with Crippen LogP contribution in [0.25, 0.3) is 0 Å². The van der Waals surface area contributed by atoms with Gasteiger partial charge in [0.25, 0.3) is 0 Å². The maximum atomic E-state index is 10.4. The van der Waals surface area contributed by atoms with Gasteiger partial charge < -0.3 is 14.6 Å². The van der Waals surface area contributed by atoms with Crippen molar-refractivity contribution in [2.75, 3.05) is 6.61 Å². The number of carbonyl (C=O) groups excluding carboxylic acids is 1. The van der Waals surface area contributed by atoms with Gasteiger partial charge in [0.05, 0.1) is 12.6 Å². The first-order valence-corrected chi connectivity index (χ1v) is 6.36. The summed E-state index contributed by atoms with van der Waals surface area (Å²) in [5, 5.41) is 10.4. The van der Waals surface area contributed by atoms with Gasteiger partial charge >= 0.3 is 0 Å². The molecule has 0 saturated carbocycles. The summed E-state index contributed by atoms with van der Waals surface area (Å²) >= 11 is 0. The van der Waals surface area contributed by atoms with Gasteiger partial charge in [-0.1, -0.05) is 30.9 Å². The van der Waals surface area contributed by atoms with Gasteiger partial charge in [0.1, 0.15) is 5.75 Å². The Bertz CT molecular complexity index is 449. The molecule has 0 heterocycles. The number of allylic oxidation sites excluding steroid dienone is 1. The molecule has 3 nitrogen and oxygen atoms in total. The molecule has 3 heteroatoms. The lowest BCUT2D eigenvalue weighted by Gasteiger charge is -2.10. The molecule has 1 rings (SSSR count). The number of para-hydroxylation sites is 1. The maximum absolute atomic E-state index is 10.4. The van der Waals surface area contributed by atoms with Gasteiger partial charge in [-0.15, -0.1) is 6.58 Å². The Labute approximate surface area is 114 Å². The fourth-order valence-electron chi connectivity index (χ4n) is 1.69. The van der Waals surface area contributed by atoms with Crippen molar-refractivity contribution in [2.24, 2.45) is 0 Å². The summed E-state index contributed by atoms with van der Waals surface area (Å²) in [6, 6.07) is 7.84. The minimum atomic E-state index is -1.17. The fraction of sp³-hybridized carbons (Fsp3) is 0.312. The van der Waals surface area contributed by atoms with Crippen molar-refractivity contribution in [1.82, 2.24) is 0 Å². The molecule has 0 amide bonds. The molecular formula is C16H19O3-. The first-order chi connectivity index (χ1) is 9.15. The molecule has 0 atom stereocenters. The van der Waals surface area contributed by atoms with E-state index in [0.29, 0.717) is 13.0 Å². The number of aliphatic carboxylic acids is 1. The van der Waals surface area contributed by atoms with Crippen LogP contribution in [0.1, 0.15) is 24.8 Å². The highest BCUT2D eigenvalue weighted by molar-refractivity contribution is 5.83. The van der Waals surface area contributed by atoms with E-state index in [1.54, 1.807) is 0 Å². The number of unbranched alkanes of at least 4 members (excludes halogenated alkanes) is 1. The first kappa shape index (κ1) is 15.0. The molecule has 0 N–H and O–H groups in total. The van der Waals surface area contributed by atoms with Gasteiger partial charge in [-0.25, -0.2) is 0 Å². The Morgan fingerprint density at radius 3 is 2.74 bits per heavy atom. The molecule has 19 heavy (non-hydrogen) atoms. The topological polar surface area (TPSA) is 49.4 Å².